The summed E-state index contributed by atoms with van der Waals surface area (Å²) in [4.78, 5) is 12.7. The van der Waals surface area contributed by atoms with Crippen LogP contribution in [0.2, 0.25) is 5.02 Å². The molecule has 1 aliphatic rings. The Labute approximate surface area is 176 Å². The first-order valence-corrected chi connectivity index (χ1v) is 11.5. The van der Waals surface area contributed by atoms with Gasteiger partial charge in [0.2, 0.25) is 0 Å². The van der Waals surface area contributed by atoms with Gasteiger partial charge in [0.05, 0.1) is 22.7 Å². The highest BCUT2D eigenvalue weighted by Gasteiger charge is 2.45. The maximum Gasteiger partial charge on any atom is 0.313 e. The van der Waals surface area contributed by atoms with E-state index in [0.717, 1.165) is 0 Å². The molecule has 0 unspecified atom stereocenters. The summed E-state index contributed by atoms with van der Waals surface area (Å²) < 4.78 is 37.0. The summed E-state index contributed by atoms with van der Waals surface area (Å²) in [7, 11) is -3.68. The van der Waals surface area contributed by atoms with E-state index in [0.29, 0.717) is 42.5 Å². The second kappa shape index (κ2) is 9.15. The van der Waals surface area contributed by atoms with Crippen LogP contribution in [-0.4, -0.2) is 39.8 Å². The number of carbonyl (C=O) groups is 1. The van der Waals surface area contributed by atoms with Crippen LogP contribution in [0.4, 0.5) is 0 Å². The fourth-order valence-electron chi connectivity index (χ4n) is 3.40. The summed E-state index contributed by atoms with van der Waals surface area (Å²) in [5, 5.41) is 3.77. The number of hydrogen-bond donors (Lipinski definition) is 1. The molecule has 0 atom stereocenters. The largest absolute Gasteiger partial charge is 0.466 e. The lowest BCUT2D eigenvalue weighted by molar-refractivity contribution is -0.155. The predicted octanol–water partition coefficient (Wildman–Crippen LogP) is 3.84. The van der Waals surface area contributed by atoms with Gasteiger partial charge in [0.15, 0.2) is 9.84 Å². The molecule has 29 heavy (non-hydrogen) atoms. The van der Waals surface area contributed by atoms with Crippen molar-refractivity contribution in [2.45, 2.75) is 24.7 Å². The number of rotatable bonds is 7. The Bertz CT molecular complexity index is 936. The number of carbonyl (C=O) groups excluding carboxylic acids is 1. The van der Waals surface area contributed by atoms with Gasteiger partial charge in [-0.1, -0.05) is 11.6 Å². The number of piperidine rings is 1. The number of hydrogen-bond acceptors (Lipinski definition) is 6. The Balaban J connectivity index is 1.77. The molecule has 0 aliphatic carbocycles. The van der Waals surface area contributed by atoms with E-state index in [-0.39, 0.29) is 17.3 Å². The lowest BCUT2D eigenvalue weighted by Crippen LogP contribution is -2.47. The van der Waals surface area contributed by atoms with Gasteiger partial charge in [0, 0.05) is 5.02 Å². The molecule has 3 rings (SSSR count). The van der Waals surface area contributed by atoms with Gasteiger partial charge < -0.3 is 14.8 Å². The second-order valence-electron chi connectivity index (χ2n) is 7.04. The zero-order valence-electron chi connectivity index (χ0n) is 16.2. The Morgan fingerprint density at radius 3 is 2.14 bits per heavy atom. The Hall–Kier alpha value is -2.09. The van der Waals surface area contributed by atoms with E-state index in [2.05, 4.69) is 5.32 Å². The minimum absolute atomic E-state index is 0.156. The Morgan fingerprint density at radius 2 is 1.59 bits per heavy atom. The van der Waals surface area contributed by atoms with E-state index < -0.39 is 21.2 Å². The van der Waals surface area contributed by atoms with Crippen molar-refractivity contribution in [1.82, 2.24) is 5.32 Å². The van der Waals surface area contributed by atoms with Crippen LogP contribution in [0.1, 0.15) is 19.8 Å². The van der Waals surface area contributed by atoms with E-state index >= 15 is 0 Å². The fourth-order valence-corrected chi connectivity index (χ4v) is 5.38. The molecule has 1 saturated heterocycles. The average molecular weight is 438 g/mol. The first-order chi connectivity index (χ1) is 13.8. The fraction of sp³-hybridized carbons (Fsp3) is 0.381. The molecule has 0 amide bonds. The SMILES string of the molecule is CCOC(=O)C1(CS(=O)(=O)c2ccc(Oc3ccc(Cl)cc3)cc2)CCNCC1. The summed E-state index contributed by atoms with van der Waals surface area (Å²) in [5.41, 5.74) is -1.02. The topological polar surface area (TPSA) is 81.7 Å². The third-order valence-corrected chi connectivity index (χ3v) is 7.14. The van der Waals surface area contributed by atoms with Gasteiger partial charge >= 0.3 is 5.97 Å². The number of benzene rings is 2. The van der Waals surface area contributed by atoms with E-state index in [9.17, 15) is 13.2 Å². The number of esters is 1. The summed E-state index contributed by atoms with van der Waals surface area (Å²) in [6, 6.07) is 13.1. The number of nitrogens with one attached hydrogen (secondary N) is 1. The highest BCUT2D eigenvalue weighted by atomic mass is 35.5. The molecule has 0 bridgehead atoms. The van der Waals surface area contributed by atoms with Gasteiger partial charge in [0.25, 0.3) is 0 Å². The van der Waals surface area contributed by atoms with Gasteiger partial charge in [0.1, 0.15) is 11.5 Å². The Kier molecular flexibility index (Phi) is 6.82. The third-order valence-electron chi connectivity index (χ3n) is 4.97. The number of halogens is 1. The maximum absolute atomic E-state index is 13.0. The van der Waals surface area contributed by atoms with E-state index in [1.54, 1.807) is 43.3 Å². The molecule has 1 fully saturated rings. The monoisotopic (exact) mass is 437 g/mol. The van der Waals surface area contributed by atoms with E-state index in [1.807, 2.05) is 0 Å². The van der Waals surface area contributed by atoms with Crippen LogP contribution in [0.15, 0.2) is 53.4 Å². The van der Waals surface area contributed by atoms with Crippen molar-refractivity contribution >= 4 is 27.4 Å². The van der Waals surface area contributed by atoms with Crippen LogP contribution in [0.25, 0.3) is 0 Å². The summed E-state index contributed by atoms with van der Waals surface area (Å²) in [5.74, 6) is 0.403. The Morgan fingerprint density at radius 1 is 1.03 bits per heavy atom. The zero-order chi connectivity index (χ0) is 20.9. The van der Waals surface area contributed by atoms with Crippen LogP contribution < -0.4 is 10.1 Å². The molecular weight excluding hydrogens is 414 g/mol. The zero-order valence-corrected chi connectivity index (χ0v) is 17.8. The van der Waals surface area contributed by atoms with Gasteiger partial charge in [-0.2, -0.15) is 0 Å². The van der Waals surface area contributed by atoms with Crippen LogP contribution in [0, 0.1) is 5.41 Å². The molecule has 0 saturated carbocycles. The molecule has 1 N–H and O–H groups in total. The van der Waals surface area contributed by atoms with Crippen molar-refractivity contribution in [3.63, 3.8) is 0 Å². The van der Waals surface area contributed by atoms with E-state index in [4.69, 9.17) is 21.1 Å². The normalized spacial score (nSPS) is 16.2. The third kappa shape index (κ3) is 5.29. The smallest absolute Gasteiger partial charge is 0.313 e. The summed E-state index contributed by atoms with van der Waals surface area (Å²) in [6.45, 7) is 3.12. The number of ether oxygens (including phenoxy) is 2. The van der Waals surface area contributed by atoms with Crippen LogP contribution in [0.3, 0.4) is 0 Å². The first-order valence-electron chi connectivity index (χ1n) is 9.49. The minimum atomic E-state index is -3.68. The summed E-state index contributed by atoms with van der Waals surface area (Å²) >= 11 is 5.86. The molecule has 8 heteroatoms. The second-order valence-corrected chi connectivity index (χ2v) is 9.46. The maximum atomic E-state index is 13.0. The molecule has 0 radical (unpaired) electrons. The molecule has 2 aromatic rings. The highest BCUT2D eigenvalue weighted by molar-refractivity contribution is 7.91. The van der Waals surface area contributed by atoms with Crippen molar-refractivity contribution in [2.24, 2.45) is 5.41 Å². The molecule has 0 aromatic heterocycles. The van der Waals surface area contributed by atoms with Gasteiger partial charge in [-0.15, -0.1) is 0 Å². The molecule has 1 aliphatic heterocycles. The van der Waals surface area contributed by atoms with Crippen molar-refractivity contribution in [2.75, 3.05) is 25.4 Å². The van der Waals surface area contributed by atoms with Crippen molar-refractivity contribution < 1.29 is 22.7 Å². The van der Waals surface area contributed by atoms with E-state index in [1.165, 1.54) is 12.1 Å². The quantitative estimate of drug-likeness (QED) is 0.663. The van der Waals surface area contributed by atoms with Crippen LogP contribution in [0.5, 0.6) is 11.5 Å². The molecule has 0 spiro atoms. The molecule has 2 aromatic carbocycles. The highest BCUT2D eigenvalue weighted by Crippen LogP contribution is 2.35. The van der Waals surface area contributed by atoms with Crippen molar-refractivity contribution in [3.05, 3.63) is 53.6 Å². The molecule has 6 nitrogen and oxygen atoms in total. The van der Waals surface area contributed by atoms with Crippen molar-refractivity contribution in [3.8, 4) is 11.5 Å². The van der Waals surface area contributed by atoms with Gasteiger partial charge in [-0.3, -0.25) is 4.79 Å². The molecule has 156 valence electrons. The molecule has 1 heterocycles. The lowest BCUT2D eigenvalue weighted by atomic mass is 9.81. The van der Waals surface area contributed by atoms with Crippen molar-refractivity contribution in [1.29, 1.82) is 0 Å². The standard InChI is InChI=1S/C21H24ClNO5S/c1-2-27-20(24)21(11-13-23-14-12-21)15-29(25,26)19-9-7-18(8-10-19)28-17-5-3-16(22)4-6-17/h3-10,23H,2,11-15H2,1H3. The predicted molar refractivity (Wildman–Crippen MR) is 111 cm³/mol. The van der Waals surface area contributed by atoms with Gasteiger partial charge in [-0.05, 0) is 81.4 Å². The first kappa shape index (κ1) is 21.6. The minimum Gasteiger partial charge on any atom is -0.466 e. The lowest BCUT2D eigenvalue weighted by Gasteiger charge is -2.34. The van der Waals surface area contributed by atoms with Gasteiger partial charge in [-0.25, -0.2) is 8.42 Å². The van der Waals surface area contributed by atoms with Crippen LogP contribution >= 0.6 is 11.6 Å². The average Bonchev–Trinajstić information content (AvgIpc) is 2.71. The number of sulfone groups is 1. The van der Waals surface area contributed by atoms with Crippen LogP contribution in [-0.2, 0) is 19.4 Å². The summed E-state index contributed by atoms with van der Waals surface area (Å²) in [6.07, 6.45) is 0.867. The molecular formula is C21H24ClNO5S.